The van der Waals surface area contributed by atoms with Crippen molar-refractivity contribution in [1.82, 2.24) is 0 Å². The summed E-state index contributed by atoms with van der Waals surface area (Å²) in [4.78, 5) is 0. The molecule has 1 aliphatic rings. The van der Waals surface area contributed by atoms with Gasteiger partial charge in [-0.25, -0.2) is 0 Å². The Bertz CT molecular complexity index is 592. The van der Waals surface area contributed by atoms with E-state index in [0.717, 1.165) is 29.0 Å². The van der Waals surface area contributed by atoms with E-state index in [1.807, 2.05) is 42.5 Å². The highest BCUT2D eigenvalue weighted by Gasteiger charge is 2.21. The third kappa shape index (κ3) is 2.17. The molecule has 0 aliphatic carbocycles. The second kappa shape index (κ2) is 4.94. The van der Waals surface area contributed by atoms with Gasteiger partial charge in [0.05, 0.1) is 13.7 Å². The Hall–Kier alpha value is -2.00. The fraction of sp³-hybridized carbons (Fsp3) is 0.250. The molecule has 1 atom stereocenters. The van der Waals surface area contributed by atoms with E-state index in [4.69, 9.17) is 9.47 Å². The van der Waals surface area contributed by atoms with Gasteiger partial charge in [-0.15, -0.1) is 0 Å². The Morgan fingerprint density at radius 2 is 2.05 bits per heavy atom. The van der Waals surface area contributed by atoms with Crippen molar-refractivity contribution in [2.75, 3.05) is 13.7 Å². The average molecular weight is 256 g/mol. The monoisotopic (exact) mass is 256 g/mol. The summed E-state index contributed by atoms with van der Waals surface area (Å²) >= 11 is 0. The Morgan fingerprint density at radius 1 is 1.21 bits per heavy atom. The van der Waals surface area contributed by atoms with Crippen molar-refractivity contribution in [2.24, 2.45) is 0 Å². The number of para-hydroxylation sites is 1. The predicted molar refractivity (Wildman–Crippen MR) is 72.7 cm³/mol. The lowest BCUT2D eigenvalue weighted by molar-refractivity contribution is 0.213. The van der Waals surface area contributed by atoms with Gasteiger partial charge in [-0.3, -0.25) is 0 Å². The lowest BCUT2D eigenvalue weighted by atomic mass is 9.98. The molecule has 0 amide bonds. The predicted octanol–water partition coefficient (Wildman–Crippen LogP) is 2.71. The zero-order valence-corrected chi connectivity index (χ0v) is 10.8. The maximum atomic E-state index is 10.5. The topological polar surface area (TPSA) is 38.7 Å². The summed E-state index contributed by atoms with van der Waals surface area (Å²) < 4.78 is 10.8. The first kappa shape index (κ1) is 12.1. The third-order valence-corrected chi connectivity index (χ3v) is 3.45. The standard InChI is InChI=1S/C16H16O3/c1-18-13-6-2-5-12(10-13)15(17)14-7-3-4-11-8-9-19-16(11)14/h2-7,10,15,17H,8-9H2,1H3. The van der Waals surface area contributed by atoms with Crippen molar-refractivity contribution in [2.45, 2.75) is 12.5 Å². The zero-order chi connectivity index (χ0) is 13.2. The Morgan fingerprint density at radius 3 is 2.89 bits per heavy atom. The fourth-order valence-electron chi connectivity index (χ4n) is 2.45. The second-order valence-corrected chi connectivity index (χ2v) is 4.61. The van der Waals surface area contributed by atoms with E-state index < -0.39 is 6.10 Å². The molecule has 0 saturated heterocycles. The van der Waals surface area contributed by atoms with Crippen LogP contribution in [0.5, 0.6) is 11.5 Å². The van der Waals surface area contributed by atoms with Gasteiger partial charge < -0.3 is 14.6 Å². The lowest BCUT2D eigenvalue weighted by Gasteiger charge is -2.15. The van der Waals surface area contributed by atoms with Crippen LogP contribution >= 0.6 is 0 Å². The van der Waals surface area contributed by atoms with Gasteiger partial charge in [0.15, 0.2) is 0 Å². The summed E-state index contributed by atoms with van der Waals surface area (Å²) in [6.07, 6.45) is 0.219. The zero-order valence-electron chi connectivity index (χ0n) is 10.8. The van der Waals surface area contributed by atoms with Crippen molar-refractivity contribution < 1.29 is 14.6 Å². The number of fused-ring (bicyclic) bond motifs is 1. The molecule has 3 nitrogen and oxygen atoms in total. The number of aliphatic hydroxyl groups is 1. The number of hydrogen-bond donors (Lipinski definition) is 1. The Labute approximate surface area is 112 Å². The van der Waals surface area contributed by atoms with Crippen LogP contribution < -0.4 is 9.47 Å². The summed E-state index contributed by atoms with van der Waals surface area (Å²) in [6.45, 7) is 0.692. The molecule has 2 aromatic carbocycles. The molecule has 3 heteroatoms. The van der Waals surface area contributed by atoms with E-state index >= 15 is 0 Å². The van der Waals surface area contributed by atoms with Gasteiger partial charge >= 0.3 is 0 Å². The highest BCUT2D eigenvalue weighted by molar-refractivity contribution is 5.48. The normalized spacial score (nSPS) is 14.6. The van der Waals surface area contributed by atoms with Crippen LogP contribution in [0.15, 0.2) is 42.5 Å². The second-order valence-electron chi connectivity index (χ2n) is 4.61. The molecule has 1 aliphatic heterocycles. The van der Waals surface area contributed by atoms with E-state index in [2.05, 4.69) is 0 Å². The van der Waals surface area contributed by atoms with Crippen LogP contribution in [0.1, 0.15) is 22.8 Å². The number of rotatable bonds is 3. The van der Waals surface area contributed by atoms with Crippen LogP contribution in [0.4, 0.5) is 0 Å². The molecule has 1 N–H and O–H groups in total. The third-order valence-electron chi connectivity index (χ3n) is 3.45. The van der Waals surface area contributed by atoms with E-state index in [-0.39, 0.29) is 0 Å². The largest absolute Gasteiger partial charge is 0.497 e. The van der Waals surface area contributed by atoms with Crippen molar-refractivity contribution in [3.05, 3.63) is 59.2 Å². The van der Waals surface area contributed by atoms with Crippen molar-refractivity contribution in [3.8, 4) is 11.5 Å². The minimum atomic E-state index is -0.692. The Balaban J connectivity index is 2.00. The first-order chi connectivity index (χ1) is 9.29. The van der Waals surface area contributed by atoms with E-state index in [0.29, 0.717) is 6.61 Å². The molecule has 0 radical (unpaired) electrons. The molecule has 98 valence electrons. The van der Waals surface area contributed by atoms with Gasteiger partial charge in [0.2, 0.25) is 0 Å². The van der Waals surface area contributed by atoms with Gasteiger partial charge in [-0.05, 0) is 23.3 Å². The number of methoxy groups -OCH3 is 1. The quantitative estimate of drug-likeness (QED) is 0.917. The fourth-order valence-corrected chi connectivity index (χ4v) is 2.45. The number of hydrogen-bond acceptors (Lipinski definition) is 3. The summed E-state index contributed by atoms with van der Waals surface area (Å²) in [5, 5.41) is 10.5. The summed E-state index contributed by atoms with van der Waals surface area (Å²) in [5.74, 6) is 1.57. The van der Waals surface area contributed by atoms with Gasteiger partial charge in [0, 0.05) is 12.0 Å². The minimum absolute atomic E-state index is 0.692. The number of aliphatic hydroxyl groups excluding tert-OH is 1. The van der Waals surface area contributed by atoms with E-state index in [1.165, 1.54) is 5.56 Å². The van der Waals surface area contributed by atoms with Crippen molar-refractivity contribution in [3.63, 3.8) is 0 Å². The van der Waals surface area contributed by atoms with Crippen LogP contribution in [0.25, 0.3) is 0 Å². The van der Waals surface area contributed by atoms with Crippen LogP contribution in [0.2, 0.25) is 0 Å². The van der Waals surface area contributed by atoms with Crippen LogP contribution in [-0.2, 0) is 6.42 Å². The van der Waals surface area contributed by atoms with E-state index in [9.17, 15) is 5.11 Å². The number of benzene rings is 2. The highest BCUT2D eigenvalue weighted by Crippen LogP contribution is 2.36. The molecule has 3 rings (SSSR count). The molecular formula is C16H16O3. The summed E-state index contributed by atoms with van der Waals surface area (Å²) in [6, 6.07) is 13.4. The summed E-state index contributed by atoms with van der Waals surface area (Å²) in [7, 11) is 1.62. The van der Waals surface area contributed by atoms with Crippen molar-refractivity contribution >= 4 is 0 Å². The number of ether oxygens (including phenoxy) is 2. The van der Waals surface area contributed by atoms with E-state index in [1.54, 1.807) is 7.11 Å². The average Bonchev–Trinajstić information content (AvgIpc) is 2.95. The van der Waals surface area contributed by atoms with Crippen LogP contribution in [0, 0.1) is 0 Å². The minimum Gasteiger partial charge on any atom is -0.497 e. The lowest BCUT2D eigenvalue weighted by Crippen LogP contribution is -2.02. The molecular weight excluding hydrogens is 240 g/mol. The molecule has 1 unspecified atom stereocenters. The molecule has 0 aromatic heterocycles. The van der Waals surface area contributed by atoms with Gasteiger partial charge in [-0.1, -0.05) is 30.3 Å². The van der Waals surface area contributed by atoms with Crippen LogP contribution in [-0.4, -0.2) is 18.8 Å². The molecule has 0 fully saturated rings. The first-order valence-electron chi connectivity index (χ1n) is 6.36. The maximum Gasteiger partial charge on any atom is 0.128 e. The molecule has 19 heavy (non-hydrogen) atoms. The Kier molecular flexibility index (Phi) is 3.13. The highest BCUT2D eigenvalue weighted by atomic mass is 16.5. The molecule has 0 saturated carbocycles. The molecule has 2 aromatic rings. The van der Waals surface area contributed by atoms with Gasteiger partial charge in [-0.2, -0.15) is 0 Å². The molecule has 0 bridgehead atoms. The van der Waals surface area contributed by atoms with Gasteiger partial charge in [0.1, 0.15) is 17.6 Å². The first-order valence-corrected chi connectivity index (χ1v) is 6.36. The smallest absolute Gasteiger partial charge is 0.128 e. The van der Waals surface area contributed by atoms with Crippen molar-refractivity contribution in [1.29, 1.82) is 0 Å². The van der Waals surface area contributed by atoms with Gasteiger partial charge in [0.25, 0.3) is 0 Å². The molecule has 0 spiro atoms. The van der Waals surface area contributed by atoms with Crippen LogP contribution in [0.3, 0.4) is 0 Å². The SMILES string of the molecule is COc1cccc(C(O)c2cccc3c2OCC3)c1. The maximum absolute atomic E-state index is 10.5. The molecule has 1 heterocycles. The summed E-state index contributed by atoms with van der Waals surface area (Å²) in [5.41, 5.74) is 2.80.